The predicted octanol–water partition coefficient (Wildman–Crippen LogP) is 1.44. The van der Waals surface area contributed by atoms with Gasteiger partial charge in [-0.3, -0.25) is 9.59 Å². The van der Waals surface area contributed by atoms with Crippen LogP contribution >= 0.6 is 0 Å². The predicted molar refractivity (Wildman–Crippen MR) is 94.7 cm³/mol. The summed E-state index contributed by atoms with van der Waals surface area (Å²) < 4.78 is 37.8. The van der Waals surface area contributed by atoms with Crippen LogP contribution in [0.15, 0.2) is 53.4 Å². The lowest BCUT2D eigenvalue weighted by atomic mass is 10.2. The van der Waals surface area contributed by atoms with E-state index in [0.717, 1.165) is 16.4 Å². The van der Waals surface area contributed by atoms with Crippen LogP contribution in [-0.2, 0) is 14.8 Å². The van der Waals surface area contributed by atoms with Gasteiger partial charge in [0.25, 0.3) is 5.91 Å². The molecule has 2 aromatic rings. The second-order valence-electron chi connectivity index (χ2n) is 5.55. The average Bonchev–Trinajstić information content (AvgIpc) is 2.60. The molecule has 0 heterocycles. The van der Waals surface area contributed by atoms with Gasteiger partial charge in [0.05, 0.1) is 11.4 Å². The molecule has 0 aliphatic carbocycles. The molecule has 0 radical (unpaired) electrons. The number of carbonyl (C=O) groups is 2. The summed E-state index contributed by atoms with van der Waals surface area (Å²) in [4.78, 5) is 23.8. The van der Waals surface area contributed by atoms with E-state index in [-0.39, 0.29) is 17.0 Å². The number of nitrogens with zero attached hydrogens (tertiary/aromatic N) is 1. The summed E-state index contributed by atoms with van der Waals surface area (Å²) in [6.45, 7) is -0.284. The molecule has 0 aliphatic heterocycles. The third-order valence-electron chi connectivity index (χ3n) is 3.43. The molecular formula is C17H18FN3O4S. The minimum atomic E-state index is -3.54. The van der Waals surface area contributed by atoms with Gasteiger partial charge in [0.2, 0.25) is 15.9 Å². The summed E-state index contributed by atoms with van der Waals surface area (Å²) in [6, 6.07) is 10.6. The first kappa shape index (κ1) is 19.5. The van der Waals surface area contributed by atoms with Crippen LogP contribution in [-0.4, -0.2) is 45.2 Å². The third kappa shape index (κ3) is 4.87. The fourth-order valence-electron chi connectivity index (χ4n) is 1.99. The molecule has 0 saturated carbocycles. The van der Waals surface area contributed by atoms with Crippen molar-refractivity contribution in [2.24, 2.45) is 0 Å². The monoisotopic (exact) mass is 379 g/mol. The SMILES string of the molecule is CN(C)S(=O)(=O)c1ccc(NC(=O)CNC(=O)c2ccc(F)cc2)cc1. The van der Waals surface area contributed by atoms with Gasteiger partial charge in [0.15, 0.2) is 0 Å². The zero-order chi connectivity index (χ0) is 19.3. The molecule has 2 amide bonds. The standard InChI is InChI=1S/C17H18FN3O4S/c1-21(2)26(24,25)15-9-7-14(8-10-15)20-16(22)11-19-17(23)12-3-5-13(18)6-4-12/h3-10H,11H2,1-2H3,(H,19,23)(H,20,22). The molecule has 0 aromatic heterocycles. The van der Waals surface area contributed by atoms with Crippen LogP contribution in [0.1, 0.15) is 10.4 Å². The van der Waals surface area contributed by atoms with Crippen LogP contribution in [0.2, 0.25) is 0 Å². The van der Waals surface area contributed by atoms with Gasteiger partial charge in [-0.25, -0.2) is 17.1 Å². The number of halogens is 1. The summed E-state index contributed by atoms with van der Waals surface area (Å²) in [5, 5.41) is 4.96. The van der Waals surface area contributed by atoms with E-state index in [9.17, 15) is 22.4 Å². The molecule has 7 nitrogen and oxygen atoms in total. The Hall–Kier alpha value is -2.78. The number of nitrogens with one attached hydrogen (secondary N) is 2. The van der Waals surface area contributed by atoms with Gasteiger partial charge < -0.3 is 10.6 Å². The second kappa shape index (κ2) is 8.07. The van der Waals surface area contributed by atoms with Crippen molar-refractivity contribution >= 4 is 27.5 Å². The number of hydrogen-bond acceptors (Lipinski definition) is 4. The fraction of sp³-hybridized carbons (Fsp3) is 0.176. The molecule has 0 aliphatic rings. The Morgan fingerprint density at radius 3 is 2.12 bits per heavy atom. The van der Waals surface area contributed by atoms with Crippen molar-refractivity contribution in [3.63, 3.8) is 0 Å². The molecule has 2 aromatic carbocycles. The number of rotatable bonds is 6. The Morgan fingerprint density at radius 2 is 1.58 bits per heavy atom. The number of amides is 2. The topological polar surface area (TPSA) is 95.6 Å². The van der Waals surface area contributed by atoms with E-state index >= 15 is 0 Å². The summed E-state index contributed by atoms with van der Waals surface area (Å²) >= 11 is 0. The first-order valence-corrected chi connectivity index (χ1v) is 9.00. The first-order chi connectivity index (χ1) is 12.2. The highest BCUT2D eigenvalue weighted by Gasteiger charge is 2.16. The van der Waals surface area contributed by atoms with E-state index in [2.05, 4.69) is 10.6 Å². The molecule has 0 atom stereocenters. The highest BCUT2D eigenvalue weighted by molar-refractivity contribution is 7.89. The van der Waals surface area contributed by atoms with Gasteiger partial charge in [-0.05, 0) is 48.5 Å². The van der Waals surface area contributed by atoms with Gasteiger partial charge in [0, 0.05) is 25.3 Å². The molecule has 2 N–H and O–H groups in total. The normalized spacial score (nSPS) is 11.2. The van der Waals surface area contributed by atoms with Crippen LogP contribution in [0, 0.1) is 5.82 Å². The fourth-order valence-corrected chi connectivity index (χ4v) is 2.89. The third-order valence-corrected chi connectivity index (χ3v) is 5.26. The van der Waals surface area contributed by atoms with Crippen molar-refractivity contribution in [3.05, 3.63) is 59.9 Å². The van der Waals surface area contributed by atoms with Crippen molar-refractivity contribution < 1.29 is 22.4 Å². The van der Waals surface area contributed by atoms with E-state index in [1.54, 1.807) is 0 Å². The van der Waals surface area contributed by atoms with Crippen LogP contribution < -0.4 is 10.6 Å². The summed E-state index contributed by atoms with van der Waals surface area (Å²) in [5.74, 6) is -1.45. The Balaban J connectivity index is 1.91. The molecular weight excluding hydrogens is 361 g/mol. The molecule has 26 heavy (non-hydrogen) atoms. The number of sulfonamides is 1. The van der Waals surface area contributed by atoms with Gasteiger partial charge in [-0.15, -0.1) is 0 Å². The minimum absolute atomic E-state index is 0.102. The highest BCUT2D eigenvalue weighted by atomic mass is 32.2. The minimum Gasteiger partial charge on any atom is -0.343 e. The van der Waals surface area contributed by atoms with Crippen LogP contribution in [0.3, 0.4) is 0 Å². The lowest BCUT2D eigenvalue weighted by Crippen LogP contribution is -2.32. The highest BCUT2D eigenvalue weighted by Crippen LogP contribution is 2.16. The maximum Gasteiger partial charge on any atom is 0.251 e. The van der Waals surface area contributed by atoms with E-state index in [0.29, 0.717) is 5.69 Å². The summed E-state index contributed by atoms with van der Waals surface area (Å²) in [7, 11) is -0.690. The molecule has 0 bridgehead atoms. The average molecular weight is 379 g/mol. The summed E-state index contributed by atoms with van der Waals surface area (Å²) in [6.07, 6.45) is 0. The Bertz CT molecular complexity index is 895. The van der Waals surface area contributed by atoms with Gasteiger partial charge >= 0.3 is 0 Å². The molecule has 9 heteroatoms. The molecule has 0 spiro atoms. The van der Waals surface area contributed by atoms with E-state index < -0.39 is 27.7 Å². The summed E-state index contributed by atoms with van der Waals surface area (Å²) in [5.41, 5.74) is 0.626. The molecule has 0 fully saturated rings. The first-order valence-electron chi connectivity index (χ1n) is 7.56. The maximum atomic E-state index is 12.8. The number of benzene rings is 2. The van der Waals surface area contributed by atoms with Gasteiger partial charge in [-0.2, -0.15) is 0 Å². The van der Waals surface area contributed by atoms with Gasteiger partial charge in [-0.1, -0.05) is 0 Å². The molecule has 2 rings (SSSR count). The Kier molecular flexibility index (Phi) is 6.06. The smallest absolute Gasteiger partial charge is 0.251 e. The van der Waals surface area contributed by atoms with E-state index in [1.807, 2.05) is 0 Å². The zero-order valence-corrected chi connectivity index (χ0v) is 15.0. The molecule has 0 saturated heterocycles. The van der Waals surface area contributed by atoms with Crippen LogP contribution in [0.5, 0.6) is 0 Å². The van der Waals surface area contributed by atoms with E-state index in [1.165, 1.54) is 50.5 Å². The van der Waals surface area contributed by atoms with Gasteiger partial charge in [0.1, 0.15) is 5.82 Å². The van der Waals surface area contributed by atoms with Crippen LogP contribution in [0.25, 0.3) is 0 Å². The maximum absolute atomic E-state index is 12.8. The number of anilines is 1. The van der Waals surface area contributed by atoms with Crippen molar-refractivity contribution in [1.29, 1.82) is 0 Å². The second-order valence-corrected chi connectivity index (χ2v) is 7.70. The van der Waals surface area contributed by atoms with Crippen molar-refractivity contribution in [2.45, 2.75) is 4.90 Å². The zero-order valence-electron chi connectivity index (χ0n) is 14.2. The van der Waals surface area contributed by atoms with Crippen molar-refractivity contribution in [3.8, 4) is 0 Å². The molecule has 138 valence electrons. The molecule has 0 unspecified atom stereocenters. The quantitative estimate of drug-likeness (QED) is 0.794. The van der Waals surface area contributed by atoms with Crippen molar-refractivity contribution in [2.75, 3.05) is 26.0 Å². The Morgan fingerprint density at radius 1 is 1.00 bits per heavy atom. The van der Waals surface area contributed by atoms with Crippen LogP contribution in [0.4, 0.5) is 10.1 Å². The van der Waals surface area contributed by atoms with E-state index in [4.69, 9.17) is 0 Å². The number of hydrogen-bond donors (Lipinski definition) is 2. The lowest BCUT2D eigenvalue weighted by molar-refractivity contribution is -0.115. The number of carbonyl (C=O) groups excluding carboxylic acids is 2. The Labute approximate surface area is 150 Å². The lowest BCUT2D eigenvalue weighted by Gasteiger charge is -2.12. The largest absolute Gasteiger partial charge is 0.343 e. The van der Waals surface area contributed by atoms with Crippen molar-refractivity contribution in [1.82, 2.24) is 9.62 Å².